The molecule has 1 aliphatic heterocycles. The summed E-state index contributed by atoms with van der Waals surface area (Å²) in [5, 5.41) is 0.432. The molecule has 0 bridgehead atoms. The summed E-state index contributed by atoms with van der Waals surface area (Å²) in [5.41, 5.74) is 6.24. The van der Waals surface area contributed by atoms with Crippen LogP contribution in [-0.2, 0) is 9.84 Å². The smallest absolute Gasteiger partial charge is 0.182 e. The largest absolute Gasteiger partial charge is 0.368 e. The summed E-state index contributed by atoms with van der Waals surface area (Å²) in [5.74, 6) is 0.0490. The molecule has 0 saturated heterocycles. The van der Waals surface area contributed by atoms with Gasteiger partial charge in [-0.05, 0) is 18.2 Å². The average Bonchev–Trinajstić information content (AvgIpc) is 2.23. The number of nitrogens with zero attached hydrogens (tertiary/aromatic N) is 1. The van der Waals surface area contributed by atoms with Crippen molar-refractivity contribution in [3.63, 3.8) is 0 Å². The number of sulfone groups is 1. The molecule has 1 unspecified atom stereocenters. The van der Waals surface area contributed by atoms with Gasteiger partial charge in [-0.3, -0.25) is 0 Å². The van der Waals surface area contributed by atoms with Gasteiger partial charge >= 0.3 is 0 Å². The average molecular weight is 261 g/mol. The molecule has 2 rings (SSSR count). The highest BCUT2D eigenvalue weighted by Crippen LogP contribution is 2.33. The molecule has 6 heteroatoms. The van der Waals surface area contributed by atoms with Crippen LogP contribution in [-0.4, -0.2) is 33.8 Å². The number of halogens is 1. The second-order valence-electron chi connectivity index (χ2n) is 3.89. The monoisotopic (exact) mass is 260 g/mol. The topological polar surface area (TPSA) is 63.4 Å². The van der Waals surface area contributed by atoms with E-state index in [1.54, 1.807) is 12.1 Å². The molecule has 1 aromatic rings. The van der Waals surface area contributed by atoms with Crippen molar-refractivity contribution in [1.29, 1.82) is 0 Å². The molecule has 0 amide bonds. The van der Waals surface area contributed by atoms with Crippen LogP contribution in [0.3, 0.4) is 0 Å². The third kappa shape index (κ3) is 1.79. The van der Waals surface area contributed by atoms with Crippen LogP contribution in [0.1, 0.15) is 0 Å². The molecule has 4 nitrogen and oxygen atoms in total. The van der Waals surface area contributed by atoms with E-state index in [0.29, 0.717) is 22.2 Å². The summed E-state index contributed by atoms with van der Waals surface area (Å²) in [6.07, 6.45) is 0. The third-order valence-electron chi connectivity index (χ3n) is 2.87. The van der Waals surface area contributed by atoms with Gasteiger partial charge in [0.1, 0.15) is 0 Å². The Morgan fingerprint density at radius 3 is 2.88 bits per heavy atom. The van der Waals surface area contributed by atoms with Crippen molar-refractivity contribution >= 4 is 27.1 Å². The minimum Gasteiger partial charge on any atom is -0.368 e. The number of nitrogens with two attached hydrogens (primary N) is 1. The van der Waals surface area contributed by atoms with E-state index in [1.807, 2.05) is 11.9 Å². The maximum Gasteiger partial charge on any atom is 0.182 e. The van der Waals surface area contributed by atoms with Gasteiger partial charge < -0.3 is 10.6 Å². The second kappa shape index (κ2) is 3.91. The van der Waals surface area contributed by atoms with Crippen molar-refractivity contribution in [3.05, 3.63) is 23.2 Å². The van der Waals surface area contributed by atoms with Crippen LogP contribution in [0.4, 0.5) is 5.69 Å². The summed E-state index contributed by atoms with van der Waals surface area (Å²) in [7, 11) is -1.42. The van der Waals surface area contributed by atoms with Crippen molar-refractivity contribution in [2.45, 2.75) is 10.9 Å². The van der Waals surface area contributed by atoms with Gasteiger partial charge in [0.15, 0.2) is 9.84 Å². The Balaban J connectivity index is 2.63. The molecule has 88 valence electrons. The Morgan fingerprint density at radius 2 is 2.25 bits per heavy atom. The molecule has 16 heavy (non-hydrogen) atoms. The van der Waals surface area contributed by atoms with E-state index in [4.69, 9.17) is 17.3 Å². The van der Waals surface area contributed by atoms with Crippen LogP contribution in [0.15, 0.2) is 23.1 Å². The number of rotatable bonds is 1. The lowest BCUT2D eigenvalue weighted by Crippen LogP contribution is -2.46. The highest BCUT2D eigenvalue weighted by atomic mass is 35.5. The first-order valence-corrected chi connectivity index (χ1v) is 6.94. The maximum atomic E-state index is 12.0. The predicted octanol–water partition coefficient (Wildman–Crippen LogP) is 0.891. The van der Waals surface area contributed by atoms with Gasteiger partial charge in [0.25, 0.3) is 0 Å². The summed E-state index contributed by atoms with van der Waals surface area (Å²) >= 11 is 5.81. The molecular weight excluding hydrogens is 248 g/mol. The Labute approximate surface area is 99.9 Å². The zero-order chi connectivity index (χ0) is 11.9. The lowest BCUT2D eigenvalue weighted by Gasteiger charge is -2.34. The van der Waals surface area contributed by atoms with E-state index in [0.717, 1.165) is 0 Å². The first-order chi connectivity index (χ1) is 7.45. The first kappa shape index (κ1) is 11.7. The van der Waals surface area contributed by atoms with Gasteiger partial charge in [-0.2, -0.15) is 0 Å². The highest BCUT2D eigenvalue weighted by molar-refractivity contribution is 7.91. The molecule has 0 spiro atoms. The minimum absolute atomic E-state index is 0.0490. The van der Waals surface area contributed by atoms with Crippen LogP contribution in [0, 0.1) is 0 Å². The van der Waals surface area contributed by atoms with E-state index >= 15 is 0 Å². The summed E-state index contributed by atoms with van der Waals surface area (Å²) in [6, 6.07) is 4.73. The summed E-state index contributed by atoms with van der Waals surface area (Å²) in [4.78, 5) is 2.19. The van der Waals surface area contributed by atoms with Crippen LogP contribution >= 0.6 is 11.6 Å². The number of fused-ring (bicyclic) bond motifs is 1. The first-order valence-electron chi connectivity index (χ1n) is 4.91. The van der Waals surface area contributed by atoms with Crippen molar-refractivity contribution in [2.24, 2.45) is 5.73 Å². The lowest BCUT2D eigenvalue weighted by atomic mass is 10.2. The number of anilines is 1. The van der Waals surface area contributed by atoms with Crippen LogP contribution in [0.5, 0.6) is 0 Å². The number of likely N-dealkylation sites (N-methyl/N-ethyl adjacent to an activating group) is 1. The number of hydrogen-bond donors (Lipinski definition) is 1. The quantitative estimate of drug-likeness (QED) is 0.815. The molecular formula is C10H13ClN2O2S. The van der Waals surface area contributed by atoms with Gasteiger partial charge in [-0.1, -0.05) is 11.6 Å². The SMILES string of the molecule is CN1c2ccc(Cl)cc2S(=O)(=O)CC1CN. The second-order valence-corrected chi connectivity index (χ2v) is 6.33. The van der Waals surface area contributed by atoms with E-state index in [9.17, 15) is 8.42 Å². The van der Waals surface area contributed by atoms with Gasteiger partial charge in [-0.25, -0.2) is 8.42 Å². The van der Waals surface area contributed by atoms with E-state index in [1.165, 1.54) is 6.07 Å². The fourth-order valence-corrected chi connectivity index (χ4v) is 4.03. The maximum absolute atomic E-state index is 12.0. The molecule has 1 aromatic carbocycles. The Kier molecular flexibility index (Phi) is 2.86. The van der Waals surface area contributed by atoms with Crippen molar-refractivity contribution in [3.8, 4) is 0 Å². The summed E-state index contributed by atoms with van der Waals surface area (Å²) < 4.78 is 24.0. The van der Waals surface area contributed by atoms with Crippen LogP contribution < -0.4 is 10.6 Å². The Hall–Kier alpha value is -0.780. The highest BCUT2D eigenvalue weighted by Gasteiger charge is 2.33. The number of benzene rings is 1. The van der Waals surface area contributed by atoms with Gasteiger partial charge in [-0.15, -0.1) is 0 Å². The molecule has 1 atom stereocenters. The molecule has 0 aromatic heterocycles. The number of hydrogen-bond acceptors (Lipinski definition) is 4. The van der Waals surface area contributed by atoms with Crippen LogP contribution in [0.25, 0.3) is 0 Å². The fraction of sp³-hybridized carbons (Fsp3) is 0.400. The van der Waals surface area contributed by atoms with E-state index in [2.05, 4.69) is 0 Å². The van der Waals surface area contributed by atoms with Crippen molar-refractivity contribution in [2.75, 3.05) is 24.2 Å². The molecule has 0 fully saturated rings. The third-order valence-corrected chi connectivity index (χ3v) is 4.92. The zero-order valence-corrected chi connectivity index (χ0v) is 10.4. The summed E-state index contributed by atoms with van der Waals surface area (Å²) in [6.45, 7) is 0.317. The van der Waals surface area contributed by atoms with E-state index < -0.39 is 9.84 Å². The Morgan fingerprint density at radius 1 is 1.56 bits per heavy atom. The standard InChI is InChI=1S/C10H13ClN2O2S/c1-13-8(5-12)6-16(14,15)10-4-7(11)2-3-9(10)13/h2-4,8H,5-6,12H2,1H3. The van der Waals surface area contributed by atoms with Crippen LogP contribution in [0.2, 0.25) is 5.02 Å². The normalized spacial score (nSPS) is 22.9. The van der Waals surface area contributed by atoms with Crippen molar-refractivity contribution < 1.29 is 8.42 Å². The molecule has 0 saturated carbocycles. The van der Waals surface area contributed by atoms with Gasteiger partial charge in [0.2, 0.25) is 0 Å². The minimum atomic E-state index is -3.26. The zero-order valence-electron chi connectivity index (χ0n) is 8.85. The molecule has 1 heterocycles. The molecule has 0 aliphatic carbocycles. The van der Waals surface area contributed by atoms with Crippen molar-refractivity contribution in [1.82, 2.24) is 0 Å². The molecule has 1 aliphatic rings. The molecule has 0 radical (unpaired) electrons. The predicted molar refractivity (Wildman–Crippen MR) is 64.8 cm³/mol. The van der Waals surface area contributed by atoms with Gasteiger partial charge in [0.05, 0.1) is 22.4 Å². The van der Waals surface area contributed by atoms with Gasteiger partial charge in [0, 0.05) is 18.6 Å². The lowest BCUT2D eigenvalue weighted by molar-refractivity contribution is 0.573. The fourth-order valence-electron chi connectivity index (χ4n) is 1.91. The Bertz CT molecular complexity index is 516. The van der Waals surface area contributed by atoms with E-state index in [-0.39, 0.29) is 11.8 Å². The molecule has 2 N–H and O–H groups in total.